The van der Waals surface area contributed by atoms with Crippen LogP contribution in [0.2, 0.25) is 0 Å². The number of nitrogens with two attached hydrogens (primary N) is 2. The third kappa shape index (κ3) is 8.55. The molecule has 14 nitrogen and oxygen atoms in total. The van der Waals surface area contributed by atoms with E-state index in [4.69, 9.17) is 31.8 Å². The van der Waals surface area contributed by atoms with Crippen molar-refractivity contribution in [2.24, 2.45) is 11.5 Å². The summed E-state index contributed by atoms with van der Waals surface area (Å²) in [5, 5.41) is 24.8. The molecule has 2 rings (SSSR count). The molecule has 0 spiro atoms. The molecule has 0 aliphatic heterocycles. The minimum atomic E-state index is -1.72. The van der Waals surface area contributed by atoms with Gasteiger partial charge in [0.15, 0.2) is 0 Å². The molecule has 0 saturated heterocycles. The minimum absolute atomic E-state index is 0.0540. The van der Waals surface area contributed by atoms with Crippen LogP contribution in [0.3, 0.4) is 0 Å². The van der Waals surface area contributed by atoms with E-state index >= 15 is 0 Å². The molecule has 0 aliphatic carbocycles. The molecule has 1 heterocycles. The number of rotatable bonds is 13. The number of aromatic nitrogens is 1. The Labute approximate surface area is 222 Å². The number of hydrogen-bond donors (Lipinski definition) is 7. The summed E-state index contributed by atoms with van der Waals surface area (Å²) in [5.74, 6) is -2.29. The van der Waals surface area contributed by atoms with Crippen LogP contribution in [0.4, 0.5) is 4.79 Å². The summed E-state index contributed by atoms with van der Waals surface area (Å²) >= 11 is 1.21. The van der Waals surface area contributed by atoms with Gasteiger partial charge in [-0.15, -0.1) is 11.3 Å². The number of amidine groups is 2. The van der Waals surface area contributed by atoms with Gasteiger partial charge in [0.25, 0.3) is 0 Å². The number of benzene rings is 1. The first-order valence-corrected chi connectivity index (χ1v) is 12.1. The Morgan fingerprint density at radius 3 is 2.42 bits per heavy atom. The van der Waals surface area contributed by atoms with Crippen LogP contribution < -0.4 is 27.4 Å². The number of thiazole rings is 1. The number of nitrogens with zero attached hydrogens (tertiary/aromatic N) is 1. The number of nitrogens with one attached hydrogen (secondary N) is 5. The van der Waals surface area contributed by atoms with Gasteiger partial charge in [-0.1, -0.05) is 18.2 Å². The molecule has 0 saturated carbocycles. The smallest absolute Gasteiger partial charge is 0.407 e. The minimum Gasteiger partial charge on any atom is -0.469 e. The first kappa shape index (κ1) is 29.7. The maximum absolute atomic E-state index is 13.5. The predicted molar refractivity (Wildman–Crippen MR) is 139 cm³/mol. The molecule has 0 unspecified atom stereocenters. The molecule has 2 aromatic rings. The Bertz CT molecular complexity index is 1220. The fraction of sp³-hybridized carbons (Fsp3) is 0.348. The SMILES string of the molecule is COC(=O)CC[C@](Cc1cccc(C(=N)N)c1)(NC(=O)OC)C(=O)NCC(=O)NCc1nc(C(=N)N)cs1. The Morgan fingerprint density at radius 1 is 1.08 bits per heavy atom. The van der Waals surface area contributed by atoms with Gasteiger partial charge in [-0.3, -0.25) is 25.2 Å². The molecular formula is C23H30N8O6S. The summed E-state index contributed by atoms with van der Waals surface area (Å²) in [6.07, 6.45) is -1.45. The van der Waals surface area contributed by atoms with E-state index in [1.165, 1.54) is 18.4 Å². The summed E-state index contributed by atoms with van der Waals surface area (Å²) in [4.78, 5) is 54.2. The summed E-state index contributed by atoms with van der Waals surface area (Å²) in [7, 11) is 2.32. The van der Waals surface area contributed by atoms with Gasteiger partial charge in [0, 0.05) is 23.8 Å². The second kappa shape index (κ2) is 13.7. The fourth-order valence-electron chi connectivity index (χ4n) is 3.39. The van der Waals surface area contributed by atoms with Gasteiger partial charge in [0.1, 0.15) is 27.9 Å². The molecule has 0 aliphatic rings. The molecule has 1 aromatic carbocycles. The lowest BCUT2D eigenvalue weighted by atomic mass is 9.84. The zero-order valence-electron chi connectivity index (χ0n) is 20.9. The molecule has 3 amide bonds. The molecule has 204 valence electrons. The van der Waals surface area contributed by atoms with Crippen LogP contribution >= 0.6 is 11.3 Å². The second-order valence-electron chi connectivity index (χ2n) is 8.07. The van der Waals surface area contributed by atoms with Crippen LogP contribution in [-0.4, -0.2) is 66.8 Å². The quantitative estimate of drug-likeness (QED) is 0.0993. The van der Waals surface area contributed by atoms with Crippen LogP contribution in [-0.2, 0) is 36.8 Å². The third-order valence-corrected chi connectivity index (χ3v) is 6.21. The molecule has 0 fully saturated rings. The molecule has 1 aromatic heterocycles. The van der Waals surface area contributed by atoms with Crippen LogP contribution in [0.15, 0.2) is 29.6 Å². The highest BCUT2D eigenvalue weighted by molar-refractivity contribution is 7.09. The van der Waals surface area contributed by atoms with Crippen molar-refractivity contribution in [3.05, 3.63) is 51.5 Å². The molecule has 15 heteroatoms. The van der Waals surface area contributed by atoms with E-state index < -0.39 is 36.0 Å². The van der Waals surface area contributed by atoms with Crippen LogP contribution in [0.5, 0.6) is 0 Å². The van der Waals surface area contributed by atoms with E-state index in [0.717, 1.165) is 7.11 Å². The summed E-state index contributed by atoms with van der Waals surface area (Å²) in [6, 6.07) is 6.50. The van der Waals surface area contributed by atoms with Gasteiger partial charge in [-0.2, -0.15) is 0 Å². The molecule has 1 atom stereocenters. The molecule has 38 heavy (non-hydrogen) atoms. The van der Waals surface area contributed by atoms with Crippen molar-refractivity contribution in [1.29, 1.82) is 10.8 Å². The van der Waals surface area contributed by atoms with E-state index in [0.29, 0.717) is 21.8 Å². The van der Waals surface area contributed by atoms with Crippen LogP contribution in [0.1, 0.15) is 34.7 Å². The van der Waals surface area contributed by atoms with E-state index in [1.54, 1.807) is 29.6 Å². The standard InChI is InChI=1S/C23H30N8O6S/c1-36-18(33)6-7-23(31-22(35)37-2,9-13-4-3-5-14(8-13)19(24)25)21(34)29-10-16(32)28-11-17-30-15(12-38-17)20(26)27/h3-5,8,12H,6-7,9-11H2,1-2H3,(H3,24,25)(H3,26,27)(H,28,32)(H,29,34)(H,31,35)/t23-/m1/s1. The molecular weight excluding hydrogens is 516 g/mol. The topological polar surface area (TPSA) is 235 Å². The Morgan fingerprint density at radius 2 is 1.82 bits per heavy atom. The van der Waals surface area contributed by atoms with Crippen molar-refractivity contribution in [2.45, 2.75) is 31.3 Å². The monoisotopic (exact) mass is 546 g/mol. The Kier molecular flexibility index (Phi) is 10.7. The second-order valence-corrected chi connectivity index (χ2v) is 9.01. The molecule has 0 radical (unpaired) electrons. The molecule has 0 bridgehead atoms. The number of carbonyl (C=O) groups excluding carboxylic acids is 4. The number of carbonyl (C=O) groups is 4. The average Bonchev–Trinajstić information content (AvgIpc) is 3.38. The normalized spacial score (nSPS) is 11.9. The van der Waals surface area contributed by atoms with Crippen molar-refractivity contribution in [1.82, 2.24) is 20.9 Å². The zero-order valence-corrected chi connectivity index (χ0v) is 21.7. The van der Waals surface area contributed by atoms with Gasteiger partial charge < -0.3 is 36.9 Å². The van der Waals surface area contributed by atoms with Crippen molar-refractivity contribution in [3.63, 3.8) is 0 Å². The number of nitrogen functional groups attached to an aromatic ring is 2. The number of hydrogen-bond acceptors (Lipinski definition) is 10. The van der Waals surface area contributed by atoms with E-state index in [-0.39, 0.29) is 37.5 Å². The maximum Gasteiger partial charge on any atom is 0.407 e. The lowest BCUT2D eigenvalue weighted by Crippen LogP contribution is -2.61. The van der Waals surface area contributed by atoms with Gasteiger partial charge >= 0.3 is 12.1 Å². The molecule has 9 N–H and O–H groups in total. The summed E-state index contributed by atoms with van der Waals surface area (Å²) in [6.45, 7) is -0.390. The lowest BCUT2D eigenvalue weighted by molar-refractivity contribution is -0.141. The third-order valence-electron chi connectivity index (χ3n) is 5.36. The number of esters is 1. The Hall–Kier alpha value is -4.53. The van der Waals surface area contributed by atoms with Crippen molar-refractivity contribution < 1.29 is 28.7 Å². The maximum atomic E-state index is 13.5. The average molecular weight is 547 g/mol. The number of alkyl carbamates (subject to hydrolysis) is 1. The van der Waals surface area contributed by atoms with Crippen LogP contribution in [0.25, 0.3) is 0 Å². The van der Waals surface area contributed by atoms with Crippen LogP contribution in [0, 0.1) is 10.8 Å². The number of amides is 3. The zero-order chi connectivity index (χ0) is 28.3. The van der Waals surface area contributed by atoms with E-state index in [2.05, 4.69) is 20.9 Å². The fourth-order valence-corrected chi connectivity index (χ4v) is 4.12. The van der Waals surface area contributed by atoms with Gasteiger partial charge in [0.05, 0.1) is 27.3 Å². The highest BCUT2D eigenvalue weighted by Crippen LogP contribution is 2.22. The van der Waals surface area contributed by atoms with Gasteiger partial charge in [-0.25, -0.2) is 9.78 Å². The van der Waals surface area contributed by atoms with Crippen molar-refractivity contribution >= 4 is 46.9 Å². The Balaban J connectivity index is 2.23. The van der Waals surface area contributed by atoms with Gasteiger partial charge in [-0.05, 0) is 18.1 Å². The largest absolute Gasteiger partial charge is 0.469 e. The van der Waals surface area contributed by atoms with E-state index in [1.807, 2.05) is 0 Å². The predicted octanol–water partition coefficient (Wildman–Crippen LogP) is -0.266. The highest BCUT2D eigenvalue weighted by atomic mass is 32.1. The van der Waals surface area contributed by atoms with Crippen molar-refractivity contribution in [2.75, 3.05) is 20.8 Å². The number of methoxy groups -OCH3 is 2. The summed E-state index contributed by atoms with van der Waals surface area (Å²) in [5.41, 5.74) is 10.5. The van der Waals surface area contributed by atoms with E-state index in [9.17, 15) is 19.2 Å². The highest BCUT2D eigenvalue weighted by Gasteiger charge is 2.41. The first-order valence-electron chi connectivity index (χ1n) is 11.2. The lowest BCUT2D eigenvalue weighted by Gasteiger charge is -2.33. The number of ether oxygens (including phenoxy) is 2. The summed E-state index contributed by atoms with van der Waals surface area (Å²) < 4.78 is 9.41. The van der Waals surface area contributed by atoms with Crippen molar-refractivity contribution in [3.8, 4) is 0 Å². The first-order chi connectivity index (χ1) is 18.0. The van der Waals surface area contributed by atoms with Gasteiger partial charge in [0.2, 0.25) is 11.8 Å².